The highest BCUT2D eigenvalue weighted by Crippen LogP contribution is 2.34. The molecule has 0 aliphatic heterocycles. The lowest BCUT2D eigenvalue weighted by molar-refractivity contribution is 1.31. The average Bonchev–Trinajstić information content (AvgIpc) is 3.22. The summed E-state index contributed by atoms with van der Waals surface area (Å²) in [5.74, 6) is 0. The minimum absolute atomic E-state index is 0.200. The molecule has 0 bridgehead atoms. The number of benzene rings is 4. The van der Waals surface area contributed by atoms with Gasteiger partial charge in [-0.2, -0.15) is 0 Å². The largest absolute Gasteiger partial charge is 0.292 e. The van der Waals surface area contributed by atoms with E-state index >= 15 is 0 Å². The molecule has 0 fully saturated rings. The summed E-state index contributed by atoms with van der Waals surface area (Å²) < 4.78 is 42.8. The van der Waals surface area contributed by atoms with Gasteiger partial charge in [-0.25, -0.2) is 4.98 Å². The second-order valence-electron chi connectivity index (χ2n) is 6.54. The van der Waals surface area contributed by atoms with Gasteiger partial charge in [-0.15, -0.1) is 0 Å². The molecule has 126 valence electrons. The first-order valence-corrected chi connectivity index (χ1v) is 8.76. The van der Waals surface area contributed by atoms with Crippen LogP contribution in [0.1, 0.15) is 6.85 Å². The van der Waals surface area contributed by atoms with Gasteiger partial charge in [0, 0.05) is 10.8 Å². The summed E-state index contributed by atoms with van der Waals surface area (Å²) in [7, 11) is 0. The molecule has 2 nitrogen and oxygen atoms in total. The van der Waals surface area contributed by atoms with Gasteiger partial charge in [0.2, 0.25) is 0 Å². The smallest absolute Gasteiger partial charge is 0.146 e. The molecule has 0 aliphatic carbocycles. The Hall–Kier alpha value is -3.65. The van der Waals surface area contributed by atoms with Gasteiger partial charge >= 0.3 is 0 Å². The Morgan fingerprint density at radius 2 is 1.44 bits per heavy atom. The summed E-state index contributed by atoms with van der Waals surface area (Å²) in [4.78, 5) is 4.87. The first-order chi connectivity index (χ1) is 15.5. The minimum Gasteiger partial charge on any atom is -0.292 e. The van der Waals surface area contributed by atoms with E-state index in [9.17, 15) is 0 Å². The van der Waals surface area contributed by atoms with E-state index in [0.717, 1.165) is 38.4 Å². The van der Waals surface area contributed by atoms with Crippen LogP contribution < -0.4 is 0 Å². The Morgan fingerprint density at radius 1 is 0.667 bits per heavy atom. The second kappa shape index (κ2) is 5.42. The molecule has 4 aromatic carbocycles. The van der Waals surface area contributed by atoms with Gasteiger partial charge in [-0.3, -0.25) is 4.40 Å². The van der Waals surface area contributed by atoms with E-state index in [0.29, 0.717) is 5.56 Å². The molecule has 0 amide bonds. The van der Waals surface area contributed by atoms with Crippen molar-refractivity contribution in [1.82, 2.24) is 9.38 Å². The summed E-state index contributed by atoms with van der Waals surface area (Å²) >= 11 is 0. The van der Waals surface area contributed by atoms with Crippen LogP contribution in [-0.4, -0.2) is 9.38 Å². The van der Waals surface area contributed by atoms with Crippen molar-refractivity contribution < 1.29 is 6.85 Å². The SMILES string of the molecule is [2H]c1c([2H])c([2H])c(-c2ccc3c(c2)c2ccccc2c2nc4ccccc4n32)c([2H])c1[2H]. The van der Waals surface area contributed by atoms with E-state index in [1.165, 1.54) is 0 Å². The van der Waals surface area contributed by atoms with Crippen LogP contribution in [0, 0.1) is 0 Å². The molecule has 0 spiro atoms. The van der Waals surface area contributed by atoms with E-state index < -0.39 is 0 Å². The predicted molar refractivity (Wildman–Crippen MR) is 113 cm³/mol. The number of fused-ring (bicyclic) bond motifs is 8. The Labute approximate surface area is 163 Å². The van der Waals surface area contributed by atoms with Crippen LogP contribution in [0.2, 0.25) is 0 Å². The van der Waals surface area contributed by atoms with Crippen LogP contribution >= 0.6 is 0 Å². The van der Waals surface area contributed by atoms with Crippen molar-refractivity contribution in [3.8, 4) is 11.1 Å². The van der Waals surface area contributed by atoms with Crippen LogP contribution in [0.15, 0.2) is 96.9 Å². The van der Waals surface area contributed by atoms with Gasteiger partial charge in [0.25, 0.3) is 0 Å². The van der Waals surface area contributed by atoms with Crippen LogP contribution in [-0.2, 0) is 0 Å². The molecular weight excluding hydrogens is 328 g/mol. The molecule has 0 atom stereocenters. The minimum atomic E-state index is -0.387. The quantitative estimate of drug-likeness (QED) is 0.311. The van der Waals surface area contributed by atoms with Crippen molar-refractivity contribution in [3.05, 3.63) is 96.9 Å². The maximum Gasteiger partial charge on any atom is 0.146 e. The van der Waals surface area contributed by atoms with E-state index in [2.05, 4.69) is 4.40 Å². The normalized spacial score (nSPS) is 14.3. The summed E-state index contributed by atoms with van der Waals surface area (Å²) in [5, 5.41) is 2.93. The number of aromatic nitrogens is 2. The monoisotopic (exact) mass is 349 g/mol. The predicted octanol–water partition coefficient (Wildman–Crippen LogP) is 6.46. The van der Waals surface area contributed by atoms with Crippen LogP contribution in [0.25, 0.3) is 49.5 Å². The third-order valence-electron chi connectivity index (χ3n) is 5.05. The number of hydrogen-bond acceptors (Lipinski definition) is 1. The lowest BCUT2D eigenvalue weighted by atomic mass is 10.00. The van der Waals surface area contributed by atoms with Crippen molar-refractivity contribution in [3.63, 3.8) is 0 Å². The number of hydrogen-bond donors (Lipinski definition) is 0. The summed E-state index contributed by atoms with van der Waals surface area (Å²) in [6.45, 7) is 0. The zero-order valence-corrected chi connectivity index (χ0v) is 14.2. The molecule has 2 heterocycles. The van der Waals surface area contributed by atoms with Gasteiger partial charge in [0.15, 0.2) is 0 Å². The molecule has 0 radical (unpaired) electrons. The van der Waals surface area contributed by atoms with E-state index in [1.807, 2.05) is 66.7 Å². The Kier molecular flexibility index (Phi) is 2.11. The zero-order chi connectivity index (χ0) is 22.1. The van der Waals surface area contributed by atoms with Crippen LogP contribution in [0.5, 0.6) is 0 Å². The Bertz CT molecular complexity index is 1710. The van der Waals surface area contributed by atoms with Crippen molar-refractivity contribution in [2.24, 2.45) is 0 Å². The summed E-state index contributed by atoms with van der Waals surface area (Å²) in [5.41, 5.74) is 4.50. The zero-order valence-electron chi connectivity index (χ0n) is 19.2. The van der Waals surface area contributed by atoms with Crippen LogP contribution in [0.4, 0.5) is 0 Å². The number of rotatable bonds is 1. The Balaban J connectivity index is 1.80. The Morgan fingerprint density at radius 3 is 2.33 bits per heavy atom. The fourth-order valence-corrected chi connectivity index (χ4v) is 3.86. The number of imidazole rings is 1. The van der Waals surface area contributed by atoms with Gasteiger partial charge in [-0.05, 0) is 40.8 Å². The van der Waals surface area contributed by atoms with Crippen molar-refractivity contribution in [2.45, 2.75) is 0 Å². The van der Waals surface area contributed by atoms with E-state index in [-0.39, 0.29) is 35.8 Å². The van der Waals surface area contributed by atoms with Crippen LogP contribution in [0.3, 0.4) is 0 Å². The molecule has 6 aromatic rings. The lowest BCUT2D eigenvalue weighted by Gasteiger charge is -2.11. The molecule has 2 aromatic heterocycles. The highest BCUT2D eigenvalue weighted by Gasteiger charge is 2.13. The van der Waals surface area contributed by atoms with Gasteiger partial charge in [-0.1, -0.05) is 72.7 Å². The topological polar surface area (TPSA) is 17.3 Å². The molecule has 27 heavy (non-hydrogen) atoms. The lowest BCUT2D eigenvalue weighted by Crippen LogP contribution is -1.92. The molecule has 6 rings (SSSR count). The molecule has 0 unspecified atom stereocenters. The molecule has 0 saturated carbocycles. The third kappa shape index (κ3) is 2.04. The molecule has 0 N–H and O–H groups in total. The molecule has 0 aliphatic rings. The molecule has 0 saturated heterocycles. The number of pyridine rings is 1. The standard InChI is InChI=1S/C25H16N2/c1-2-8-17(9-3-1)18-14-15-23-21(16-18)19-10-4-5-11-20(19)25-26-22-12-6-7-13-24(22)27(23)25/h1-16H/i1D,2D,3D,8D,9D. The van der Waals surface area contributed by atoms with Gasteiger partial charge in [0.05, 0.1) is 23.4 Å². The first kappa shape index (κ1) is 10.5. The average molecular weight is 349 g/mol. The van der Waals surface area contributed by atoms with Crippen molar-refractivity contribution >= 4 is 38.4 Å². The fraction of sp³-hybridized carbons (Fsp3) is 0. The molecular formula is C25H16N2. The maximum absolute atomic E-state index is 8.37. The highest BCUT2D eigenvalue weighted by molar-refractivity contribution is 6.14. The maximum atomic E-state index is 8.37. The summed E-state index contributed by atoms with van der Waals surface area (Å²) in [6.07, 6.45) is 0. The summed E-state index contributed by atoms with van der Waals surface area (Å²) in [6, 6.07) is 20.2. The van der Waals surface area contributed by atoms with Crippen molar-refractivity contribution in [2.75, 3.05) is 0 Å². The van der Waals surface area contributed by atoms with Gasteiger partial charge < -0.3 is 0 Å². The van der Waals surface area contributed by atoms with Crippen molar-refractivity contribution in [1.29, 1.82) is 0 Å². The molecule has 2 heteroatoms. The second-order valence-corrected chi connectivity index (χ2v) is 6.54. The fourth-order valence-electron chi connectivity index (χ4n) is 3.86. The van der Waals surface area contributed by atoms with E-state index in [4.69, 9.17) is 11.8 Å². The number of para-hydroxylation sites is 2. The van der Waals surface area contributed by atoms with E-state index in [1.54, 1.807) is 0 Å². The third-order valence-corrected chi connectivity index (χ3v) is 5.05. The number of nitrogens with zero attached hydrogens (tertiary/aromatic N) is 2. The first-order valence-electron chi connectivity index (χ1n) is 11.3. The van der Waals surface area contributed by atoms with Gasteiger partial charge in [0.1, 0.15) is 5.65 Å². The highest BCUT2D eigenvalue weighted by atomic mass is 15.0.